The second kappa shape index (κ2) is 6.26. The van der Waals surface area contributed by atoms with Gasteiger partial charge in [-0.2, -0.15) is 0 Å². The molecule has 0 radical (unpaired) electrons. The first-order valence-electron chi connectivity index (χ1n) is 5.34. The van der Waals surface area contributed by atoms with Gasteiger partial charge in [0.15, 0.2) is 0 Å². The minimum atomic E-state index is -0.567. The quantitative estimate of drug-likeness (QED) is 0.468. The van der Waals surface area contributed by atoms with Crippen molar-refractivity contribution in [1.82, 2.24) is 4.98 Å². The van der Waals surface area contributed by atoms with Crippen molar-refractivity contribution in [3.05, 3.63) is 61.3 Å². The molecule has 0 amide bonds. The van der Waals surface area contributed by atoms with Crippen LogP contribution in [0.5, 0.6) is 5.75 Å². The van der Waals surface area contributed by atoms with Gasteiger partial charge in [-0.15, -0.1) is 0 Å². The lowest BCUT2D eigenvalue weighted by atomic mass is 10.3. The fourth-order valence-corrected chi connectivity index (χ4v) is 2.12. The molecule has 0 bridgehead atoms. The monoisotopic (exact) mass is 332 g/mol. The van der Waals surface area contributed by atoms with E-state index in [9.17, 15) is 10.1 Å². The van der Waals surface area contributed by atoms with Gasteiger partial charge in [0.25, 0.3) is 0 Å². The zero-order valence-corrected chi connectivity index (χ0v) is 12.1. The molecule has 0 aliphatic carbocycles. The van der Waals surface area contributed by atoms with E-state index in [1.54, 1.807) is 0 Å². The normalized spacial score (nSPS) is 10.3. The third-order valence-electron chi connectivity index (χ3n) is 2.41. The van der Waals surface area contributed by atoms with E-state index in [0.29, 0.717) is 10.6 Å². The molecule has 1 aromatic carbocycles. The molecule has 1 heterocycles. The van der Waals surface area contributed by atoms with Gasteiger partial charge in [-0.05, 0) is 12.1 Å². The topological polar surface area (TPSA) is 65.3 Å². The van der Waals surface area contributed by atoms with Crippen molar-refractivity contribution in [2.24, 2.45) is 0 Å². The van der Waals surface area contributed by atoms with Gasteiger partial charge in [-0.1, -0.05) is 40.9 Å². The molecule has 0 atom stereocenters. The molecule has 0 spiro atoms. The molecule has 2 aromatic rings. The Labute approximate surface area is 129 Å². The molecule has 0 aliphatic rings. The number of aromatic nitrogens is 1. The number of rotatable bonds is 4. The second-order valence-corrected chi connectivity index (χ2v) is 4.93. The minimum absolute atomic E-state index is 0.00637. The summed E-state index contributed by atoms with van der Waals surface area (Å²) < 4.78 is 5.39. The molecular weight excluding hydrogens is 327 g/mol. The van der Waals surface area contributed by atoms with Crippen LogP contribution in [0.2, 0.25) is 15.2 Å². The van der Waals surface area contributed by atoms with Gasteiger partial charge in [0.2, 0.25) is 5.75 Å². The number of halogens is 3. The Morgan fingerprint density at radius 2 is 2.00 bits per heavy atom. The van der Waals surface area contributed by atoms with Crippen LogP contribution in [0.3, 0.4) is 0 Å². The number of ether oxygens (including phenoxy) is 1. The first kappa shape index (κ1) is 14.8. The number of nitro groups is 1. The van der Waals surface area contributed by atoms with Crippen molar-refractivity contribution < 1.29 is 9.66 Å². The van der Waals surface area contributed by atoms with Crippen LogP contribution in [0.4, 0.5) is 5.69 Å². The van der Waals surface area contributed by atoms with Gasteiger partial charge < -0.3 is 4.74 Å². The predicted molar refractivity (Wildman–Crippen MR) is 76.7 cm³/mol. The number of hydrogen-bond acceptors (Lipinski definition) is 4. The first-order valence-corrected chi connectivity index (χ1v) is 6.48. The van der Waals surface area contributed by atoms with Crippen LogP contribution in [-0.4, -0.2) is 9.91 Å². The molecule has 0 aliphatic heterocycles. The van der Waals surface area contributed by atoms with Gasteiger partial charge in [-0.25, -0.2) is 4.98 Å². The largest absolute Gasteiger partial charge is 0.481 e. The maximum absolute atomic E-state index is 10.9. The van der Waals surface area contributed by atoms with E-state index in [-0.39, 0.29) is 28.2 Å². The molecule has 1 aromatic heterocycles. The second-order valence-electron chi connectivity index (χ2n) is 3.73. The van der Waals surface area contributed by atoms with Gasteiger partial charge in [0.05, 0.1) is 15.0 Å². The summed E-state index contributed by atoms with van der Waals surface area (Å²) in [5.74, 6) is -0.00909. The Hall–Kier alpha value is -1.56. The number of para-hydroxylation sites is 1. The maximum Gasteiger partial charge on any atom is 0.312 e. The fourth-order valence-electron chi connectivity index (χ4n) is 1.48. The van der Waals surface area contributed by atoms with E-state index in [2.05, 4.69) is 4.98 Å². The Balaban J connectivity index is 2.25. The number of nitro benzene ring substituents is 1. The lowest BCUT2D eigenvalue weighted by Crippen LogP contribution is -2.01. The lowest BCUT2D eigenvalue weighted by molar-refractivity contribution is -0.385. The van der Waals surface area contributed by atoms with Gasteiger partial charge in [0.1, 0.15) is 11.8 Å². The average Bonchev–Trinajstić information content (AvgIpc) is 2.38. The zero-order chi connectivity index (χ0) is 14.7. The molecule has 20 heavy (non-hydrogen) atoms. The Morgan fingerprint density at radius 3 is 2.65 bits per heavy atom. The summed E-state index contributed by atoms with van der Waals surface area (Å²) in [7, 11) is 0. The number of benzene rings is 1. The number of hydrogen-bond donors (Lipinski definition) is 0. The van der Waals surface area contributed by atoms with Crippen LogP contribution < -0.4 is 4.74 Å². The molecule has 5 nitrogen and oxygen atoms in total. The van der Waals surface area contributed by atoms with E-state index >= 15 is 0 Å². The summed E-state index contributed by atoms with van der Waals surface area (Å²) in [5, 5.41) is 11.7. The molecule has 0 unspecified atom stereocenters. The van der Waals surface area contributed by atoms with Crippen LogP contribution in [0.15, 0.2) is 30.5 Å². The van der Waals surface area contributed by atoms with Crippen molar-refractivity contribution in [1.29, 1.82) is 0 Å². The Morgan fingerprint density at radius 1 is 1.25 bits per heavy atom. The summed E-state index contributed by atoms with van der Waals surface area (Å²) in [5.41, 5.74) is 0.334. The fraction of sp³-hybridized carbons (Fsp3) is 0.0833. The van der Waals surface area contributed by atoms with Crippen LogP contribution in [-0.2, 0) is 6.61 Å². The lowest BCUT2D eigenvalue weighted by Gasteiger charge is -2.09. The molecule has 0 saturated heterocycles. The molecule has 2 rings (SSSR count). The third kappa shape index (κ3) is 3.30. The van der Waals surface area contributed by atoms with Crippen molar-refractivity contribution >= 4 is 40.5 Å². The highest BCUT2D eigenvalue weighted by Gasteiger charge is 2.18. The molecule has 8 heteroatoms. The zero-order valence-electron chi connectivity index (χ0n) is 9.85. The van der Waals surface area contributed by atoms with E-state index in [1.807, 2.05) is 0 Å². The van der Waals surface area contributed by atoms with Crippen molar-refractivity contribution in [2.45, 2.75) is 6.61 Å². The maximum atomic E-state index is 10.9. The van der Waals surface area contributed by atoms with Crippen LogP contribution in [0.1, 0.15) is 5.56 Å². The van der Waals surface area contributed by atoms with Gasteiger partial charge in [0, 0.05) is 17.8 Å². The van der Waals surface area contributed by atoms with Crippen LogP contribution in [0.25, 0.3) is 0 Å². The smallest absolute Gasteiger partial charge is 0.312 e. The van der Waals surface area contributed by atoms with E-state index in [0.717, 1.165) is 0 Å². The van der Waals surface area contributed by atoms with Gasteiger partial charge >= 0.3 is 5.69 Å². The van der Waals surface area contributed by atoms with E-state index < -0.39 is 4.92 Å². The summed E-state index contributed by atoms with van der Waals surface area (Å²) in [4.78, 5) is 14.2. The van der Waals surface area contributed by atoms with Crippen molar-refractivity contribution in [3.8, 4) is 5.75 Å². The highest BCUT2D eigenvalue weighted by molar-refractivity contribution is 6.34. The highest BCUT2D eigenvalue weighted by Crippen LogP contribution is 2.35. The molecular formula is C12H7Cl3N2O3. The molecule has 0 fully saturated rings. The number of pyridine rings is 1. The Bertz CT molecular complexity index is 664. The summed E-state index contributed by atoms with van der Waals surface area (Å²) in [6.45, 7) is -0.00637. The molecule has 104 valence electrons. The number of nitrogens with zero attached hydrogens (tertiary/aromatic N) is 2. The van der Waals surface area contributed by atoms with E-state index in [1.165, 1.54) is 30.5 Å². The van der Waals surface area contributed by atoms with E-state index in [4.69, 9.17) is 39.5 Å². The Kier molecular flexibility index (Phi) is 4.65. The van der Waals surface area contributed by atoms with Crippen LogP contribution >= 0.6 is 34.8 Å². The summed E-state index contributed by atoms with van der Waals surface area (Å²) in [6, 6.07) is 5.75. The van der Waals surface area contributed by atoms with Crippen molar-refractivity contribution in [2.75, 3.05) is 0 Å². The highest BCUT2D eigenvalue weighted by atomic mass is 35.5. The molecule has 0 N–H and O–H groups in total. The average molecular weight is 334 g/mol. The summed E-state index contributed by atoms with van der Waals surface area (Å²) in [6.07, 6.45) is 1.44. The van der Waals surface area contributed by atoms with Gasteiger partial charge in [-0.3, -0.25) is 10.1 Å². The standard InChI is InChI=1S/C12H7Cl3N2O3/c13-8-2-1-3-10(17(18)19)12(8)20-6-7-5-16-11(15)4-9(7)14/h1-5H,6H2. The SMILES string of the molecule is O=[N+]([O-])c1cccc(Cl)c1OCc1cnc(Cl)cc1Cl. The van der Waals surface area contributed by atoms with Crippen molar-refractivity contribution in [3.63, 3.8) is 0 Å². The predicted octanol–water partition coefficient (Wildman–Crippen LogP) is 4.53. The summed E-state index contributed by atoms with van der Waals surface area (Å²) >= 11 is 17.6. The van der Waals surface area contributed by atoms with Crippen LogP contribution in [0, 0.1) is 10.1 Å². The first-order chi connectivity index (χ1) is 9.49. The third-order valence-corrected chi connectivity index (χ3v) is 3.27. The minimum Gasteiger partial charge on any atom is -0.481 e. The molecule has 0 saturated carbocycles.